The van der Waals surface area contributed by atoms with E-state index in [1.54, 1.807) is 54.6 Å². The Morgan fingerprint density at radius 3 is 2.00 bits per heavy atom. The van der Waals surface area contributed by atoms with E-state index in [2.05, 4.69) is 10.4 Å². The Kier molecular flexibility index (Phi) is 9.83. The first-order chi connectivity index (χ1) is 22.2. The Morgan fingerprint density at radius 1 is 0.702 bits per heavy atom. The van der Waals surface area contributed by atoms with Crippen LogP contribution in [0.1, 0.15) is 44.0 Å². The lowest BCUT2D eigenvalue weighted by Crippen LogP contribution is -2.26. The predicted octanol–water partition coefficient (Wildman–Crippen LogP) is 8.52. The molecule has 5 aromatic rings. The van der Waals surface area contributed by atoms with Crippen LogP contribution in [-0.4, -0.2) is 20.3 Å². The van der Waals surface area contributed by atoms with Gasteiger partial charge in [0.25, 0.3) is 5.91 Å². The lowest BCUT2D eigenvalue weighted by Gasteiger charge is -2.14. The van der Waals surface area contributed by atoms with Crippen molar-refractivity contribution in [3.63, 3.8) is 0 Å². The Labute approximate surface area is 274 Å². The number of aromatic nitrogens is 3. The smallest absolute Gasteiger partial charge is 0.322 e. The second-order valence-corrected chi connectivity index (χ2v) is 11.4. The first kappa shape index (κ1) is 33.8. The molecule has 244 valence electrons. The summed E-state index contributed by atoms with van der Waals surface area (Å²) >= 11 is 11.9. The summed E-state index contributed by atoms with van der Waals surface area (Å²) in [5.74, 6) is -0.274. The summed E-state index contributed by atoms with van der Waals surface area (Å²) in [4.78, 5) is 26.3. The number of alkyl halides is 6. The van der Waals surface area contributed by atoms with Gasteiger partial charge in [0.05, 0.1) is 34.3 Å². The topological polar surface area (TPSA) is 68.9 Å². The summed E-state index contributed by atoms with van der Waals surface area (Å²) in [6.07, 6.45) is -10.3. The molecule has 0 saturated heterocycles. The number of nitrogens with one attached hydrogen (secondary N) is 1. The van der Waals surface area contributed by atoms with Crippen molar-refractivity contribution in [1.29, 1.82) is 0 Å². The molecule has 1 aromatic heterocycles. The van der Waals surface area contributed by atoms with E-state index in [1.807, 2.05) is 0 Å². The van der Waals surface area contributed by atoms with E-state index in [1.165, 1.54) is 22.8 Å². The molecule has 5 rings (SSSR count). The van der Waals surface area contributed by atoms with Crippen molar-refractivity contribution in [2.75, 3.05) is 5.32 Å². The monoisotopic (exact) mass is 692 g/mol. The standard InChI is InChI=1S/C33H24Cl2F6N4O2/c34-27-11-10-23(16-28(27)35)30(46)42-26-8-4-7-22(15-26)19-45-31(47)44(18-20-5-2-1-3-6-20)29(43-45)12-9-21-13-24(32(36,37)38)17-25(14-21)33(39,40)41/h1-8,10-11,13-17H,9,12,18-19H2,(H,42,46). The fraction of sp³-hybridized carbons (Fsp3) is 0.182. The number of aryl methyl sites for hydroxylation is 2. The van der Waals surface area contributed by atoms with Crippen LogP contribution in [0.5, 0.6) is 0 Å². The number of carbonyl (C=O) groups excluding carboxylic acids is 1. The maximum atomic E-state index is 13.6. The van der Waals surface area contributed by atoms with Crippen LogP contribution >= 0.6 is 23.2 Å². The second kappa shape index (κ2) is 13.7. The molecule has 14 heteroatoms. The number of amides is 1. The minimum atomic E-state index is -4.98. The quantitative estimate of drug-likeness (QED) is 0.158. The van der Waals surface area contributed by atoms with Crippen molar-refractivity contribution >= 4 is 34.8 Å². The Morgan fingerprint density at radius 2 is 1.36 bits per heavy atom. The maximum Gasteiger partial charge on any atom is 0.416 e. The van der Waals surface area contributed by atoms with Gasteiger partial charge < -0.3 is 5.32 Å². The van der Waals surface area contributed by atoms with Crippen LogP contribution in [0.3, 0.4) is 0 Å². The van der Waals surface area contributed by atoms with E-state index in [0.29, 0.717) is 28.4 Å². The molecule has 0 saturated carbocycles. The van der Waals surface area contributed by atoms with Crippen molar-refractivity contribution in [3.05, 3.63) is 151 Å². The van der Waals surface area contributed by atoms with Gasteiger partial charge in [0, 0.05) is 17.7 Å². The fourth-order valence-corrected chi connectivity index (χ4v) is 5.18. The number of carbonyl (C=O) groups is 1. The minimum absolute atomic E-state index is 0.0358. The highest BCUT2D eigenvalue weighted by atomic mass is 35.5. The number of hydrogen-bond acceptors (Lipinski definition) is 3. The van der Waals surface area contributed by atoms with Crippen LogP contribution in [-0.2, 0) is 38.3 Å². The normalized spacial score (nSPS) is 11.9. The average Bonchev–Trinajstić information content (AvgIpc) is 3.30. The number of anilines is 1. The zero-order chi connectivity index (χ0) is 33.9. The van der Waals surface area contributed by atoms with Crippen LogP contribution in [0.25, 0.3) is 0 Å². The molecule has 0 radical (unpaired) electrons. The number of hydrogen-bond donors (Lipinski definition) is 1. The number of halogens is 8. The van der Waals surface area contributed by atoms with Gasteiger partial charge in [-0.2, -0.15) is 31.4 Å². The zero-order valence-corrected chi connectivity index (χ0v) is 25.7. The molecular weight excluding hydrogens is 669 g/mol. The maximum absolute atomic E-state index is 13.6. The fourth-order valence-electron chi connectivity index (χ4n) is 4.88. The van der Waals surface area contributed by atoms with Crippen LogP contribution in [0.2, 0.25) is 10.0 Å². The third-order valence-corrected chi connectivity index (χ3v) is 7.91. The average molecular weight is 693 g/mol. The van der Waals surface area contributed by atoms with Gasteiger partial charge in [-0.15, -0.1) is 0 Å². The summed E-state index contributed by atoms with van der Waals surface area (Å²) in [6, 6.07) is 21.4. The minimum Gasteiger partial charge on any atom is -0.322 e. The van der Waals surface area contributed by atoms with Crippen LogP contribution in [0.15, 0.2) is 95.8 Å². The van der Waals surface area contributed by atoms with E-state index in [4.69, 9.17) is 23.2 Å². The van der Waals surface area contributed by atoms with E-state index < -0.39 is 35.1 Å². The largest absolute Gasteiger partial charge is 0.416 e. The molecule has 1 heterocycles. The van der Waals surface area contributed by atoms with Gasteiger partial charge in [-0.3, -0.25) is 9.36 Å². The molecule has 0 aliphatic rings. The molecular formula is C33H24Cl2F6N4O2. The van der Waals surface area contributed by atoms with Crippen molar-refractivity contribution in [3.8, 4) is 0 Å². The van der Waals surface area contributed by atoms with Crippen molar-refractivity contribution in [2.24, 2.45) is 0 Å². The molecule has 0 bridgehead atoms. The van der Waals surface area contributed by atoms with Crippen LogP contribution in [0, 0.1) is 0 Å². The zero-order valence-electron chi connectivity index (χ0n) is 24.2. The number of rotatable bonds is 9. The first-order valence-electron chi connectivity index (χ1n) is 14.0. The number of nitrogens with zero attached hydrogens (tertiary/aromatic N) is 3. The van der Waals surface area contributed by atoms with Crippen molar-refractivity contribution < 1.29 is 31.1 Å². The Hall–Kier alpha value is -4.55. The summed E-state index contributed by atoms with van der Waals surface area (Å²) in [5.41, 5.74) is -1.56. The molecule has 0 atom stereocenters. The summed E-state index contributed by atoms with van der Waals surface area (Å²) in [5, 5.41) is 7.68. The highest BCUT2D eigenvalue weighted by Gasteiger charge is 2.37. The third-order valence-electron chi connectivity index (χ3n) is 7.17. The highest BCUT2D eigenvalue weighted by molar-refractivity contribution is 6.42. The van der Waals surface area contributed by atoms with Crippen molar-refractivity contribution in [1.82, 2.24) is 14.3 Å². The Balaban J connectivity index is 1.42. The molecule has 1 amide bonds. The lowest BCUT2D eigenvalue weighted by molar-refractivity contribution is -0.143. The number of benzene rings is 4. The van der Waals surface area contributed by atoms with Gasteiger partial charge in [-0.05, 0) is 71.6 Å². The van der Waals surface area contributed by atoms with Crippen LogP contribution < -0.4 is 11.0 Å². The van der Waals surface area contributed by atoms with E-state index in [-0.39, 0.29) is 54.0 Å². The summed E-state index contributed by atoms with van der Waals surface area (Å²) in [7, 11) is 0. The van der Waals surface area contributed by atoms with E-state index in [0.717, 1.165) is 10.2 Å². The van der Waals surface area contributed by atoms with Crippen LogP contribution in [0.4, 0.5) is 32.0 Å². The third kappa shape index (κ3) is 8.44. The lowest BCUT2D eigenvalue weighted by atomic mass is 10.0. The SMILES string of the molecule is O=C(Nc1cccc(Cn2nc(CCc3cc(C(F)(F)F)cc(C(F)(F)F)c3)n(Cc3ccccc3)c2=O)c1)c1ccc(Cl)c(Cl)c1. The van der Waals surface area contributed by atoms with Crippen molar-refractivity contribution in [2.45, 2.75) is 38.3 Å². The van der Waals surface area contributed by atoms with Gasteiger partial charge in [0.1, 0.15) is 5.82 Å². The predicted molar refractivity (Wildman–Crippen MR) is 166 cm³/mol. The van der Waals surface area contributed by atoms with Gasteiger partial charge >= 0.3 is 18.0 Å². The molecule has 0 spiro atoms. The van der Waals surface area contributed by atoms with Gasteiger partial charge in [-0.1, -0.05) is 65.7 Å². The molecule has 47 heavy (non-hydrogen) atoms. The first-order valence-corrected chi connectivity index (χ1v) is 14.8. The van der Waals surface area contributed by atoms with Gasteiger partial charge in [-0.25, -0.2) is 9.48 Å². The highest BCUT2D eigenvalue weighted by Crippen LogP contribution is 2.36. The molecule has 4 aromatic carbocycles. The molecule has 0 aliphatic carbocycles. The van der Waals surface area contributed by atoms with E-state index in [9.17, 15) is 35.9 Å². The van der Waals surface area contributed by atoms with Gasteiger partial charge in [0.15, 0.2) is 0 Å². The molecule has 0 fully saturated rings. The van der Waals surface area contributed by atoms with E-state index >= 15 is 0 Å². The molecule has 1 N–H and O–H groups in total. The molecule has 0 unspecified atom stereocenters. The molecule has 6 nitrogen and oxygen atoms in total. The Bertz CT molecular complexity index is 1940. The summed E-state index contributed by atoms with van der Waals surface area (Å²) in [6.45, 7) is 0.0387. The molecule has 0 aliphatic heterocycles. The van der Waals surface area contributed by atoms with Gasteiger partial charge in [0.2, 0.25) is 0 Å². The summed E-state index contributed by atoms with van der Waals surface area (Å²) < 4.78 is 83.0. The second-order valence-electron chi connectivity index (χ2n) is 10.6.